The van der Waals surface area contributed by atoms with Crippen LogP contribution in [0, 0.1) is 0 Å². The first-order valence-electron chi connectivity index (χ1n) is 11.3. The lowest BCUT2D eigenvalue weighted by molar-refractivity contribution is -0.143. The molecule has 0 heterocycles. The maximum atomic E-state index is 12.5. The Bertz CT molecular complexity index is 1190. The predicted octanol–water partition coefficient (Wildman–Crippen LogP) is 4.19. The number of carbonyl (C=O) groups is 3. The second kappa shape index (κ2) is 11.2. The van der Waals surface area contributed by atoms with E-state index in [1.807, 2.05) is 66.7 Å². The fraction of sp³-hybridized carbons (Fsp3) is 0.179. The van der Waals surface area contributed by atoms with Crippen LogP contribution in [0.3, 0.4) is 0 Å². The van der Waals surface area contributed by atoms with Gasteiger partial charge in [-0.15, -0.1) is 0 Å². The monoisotopic (exact) mass is 470 g/mol. The van der Waals surface area contributed by atoms with Crippen LogP contribution < -0.4 is 5.32 Å². The summed E-state index contributed by atoms with van der Waals surface area (Å²) in [6, 6.07) is 25.3. The lowest BCUT2D eigenvalue weighted by Crippen LogP contribution is -2.34. The summed E-state index contributed by atoms with van der Waals surface area (Å²) in [6.45, 7) is 0.0363. The summed E-state index contributed by atoms with van der Waals surface area (Å²) >= 11 is 0. The Morgan fingerprint density at radius 3 is 2.11 bits per heavy atom. The number of benzene rings is 3. The molecular weight excluding hydrogens is 444 g/mol. The van der Waals surface area contributed by atoms with Crippen molar-refractivity contribution in [2.75, 3.05) is 19.7 Å². The van der Waals surface area contributed by atoms with Gasteiger partial charge in [-0.25, -0.2) is 4.79 Å². The van der Waals surface area contributed by atoms with Crippen molar-refractivity contribution in [1.82, 2.24) is 10.2 Å². The van der Waals surface area contributed by atoms with E-state index in [0.29, 0.717) is 0 Å². The lowest BCUT2D eigenvalue weighted by atomic mass is 9.98. The number of amides is 2. The van der Waals surface area contributed by atoms with E-state index in [4.69, 9.17) is 9.84 Å². The summed E-state index contributed by atoms with van der Waals surface area (Å²) in [5.74, 6) is -1.59. The molecule has 3 aromatic rings. The molecule has 1 aliphatic carbocycles. The standard InChI is InChI=1S/C28H26N2O5/c31-26(30(18-27(32)33)17-20-9-2-1-3-10-20)15-8-16-29-28(34)35-19-25-23-13-6-4-11-21(23)22-12-5-7-14-24(22)25/h1-15,25H,16-19H2,(H,29,34)(H,32,33)/b15-8+. The minimum Gasteiger partial charge on any atom is -0.480 e. The molecule has 0 aromatic heterocycles. The van der Waals surface area contributed by atoms with Crippen LogP contribution in [0.25, 0.3) is 11.1 Å². The second-order valence-electron chi connectivity index (χ2n) is 8.18. The molecular formula is C28H26N2O5. The van der Waals surface area contributed by atoms with Crippen LogP contribution in [0.15, 0.2) is 91.0 Å². The van der Waals surface area contributed by atoms with Crippen molar-refractivity contribution >= 4 is 18.0 Å². The zero-order valence-corrected chi connectivity index (χ0v) is 19.1. The average Bonchev–Trinajstić information content (AvgIpc) is 3.19. The minimum absolute atomic E-state index is 0.0344. The van der Waals surface area contributed by atoms with Gasteiger partial charge < -0.3 is 20.1 Å². The average molecular weight is 471 g/mol. The summed E-state index contributed by atoms with van der Waals surface area (Å²) in [5, 5.41) is 11.7. The van der Waals surface area contributed by atoms with Crippen molar-refractivity contribution in [3.8, 4) is 11.1 Å². The van der Waals surface area contributed by atoms with Gasteiger partial charge >= 0.3 is 12.1 Å². The van der Waals surface area contributed by atoms with Crippen LogP contribution in [-0.4, -0.2) is 47.7 Å². The first-order chi connectivity index (χ1) is 17.0. The molecule has 1 aliphatic rings. The highest BCUT2D eigenvalue weighted by molar-refractivity contribution is 5.90. The Kier molecular flexibility index (Phi) is 7.57. The van der Waals surface area contributed by atoms with Crippen molar-refractivity contribution in [2.45, 2.75) is 12.5 Å². The van der Waals surface area contributed by atoms with E-state index >= 15 is 0 Å². The molecule has 3 aromatic carbocycles. The maximum Gasteiger partial charge on any atom is 0.407 e. The van der Waals surface area contributed by atoms with Crippen LogP contribution >= 0.6 is 0 Å². The largest absolute Gasteiger partial charge is 0.480 e. The molecule has 35 heavy (non-hydrogen) atoms. The Morgan fingerprint density at radius 2 is 1.49 bits per heavy atom. The number of hydrogen-bond donors (Lipinski definition) is 2. The Morgan fingerprint density at radius 1 is 0.886 bits per heavy atom. The van der Waals surface area contributed by atoms with Crippen LogP contribution in [0.4, 0.5) is 4.79 Å². The van der Waals surface area contributed by atoms with Gasteiger partial charge in [0.25, 0.3) is 0 Å². The number of rotatable bonds is 9. The molecule has 0 atom stereocenters. The van der Waals surface area contributed by atoms with E-state index in [-0.39, 0.29) is 25.6 Å². The summed E-state index contributed by atoms with van der Waals surface area (Å²) in [7, 11) is 0. The number of fused-ring (bicyclic) bond motifs is 3. The van der Waals surface area contributed by atoms with Crippen LogP contribution in [0.1, 0.15) is 22.6 Å². The second-order valence-corrected chi connectivity index (χ2v) is 8.18. The molecule has 0 aliphatic heterocycles. The van der Waals surface area contributed by atoms with Crippen LogP contribution in [0.2, 0.25) is 0 Å². The van der Waals surface area contributed by atoms with Crippen molar-refractivity contribution in [1.29, 1.82) is 0 Å². The summed E-state index contributed by atoms with van der Waals surface area (Å²) in [4.78, 5) is 37.1. The van der Waals surface area contributed by atoms with Crippen molar-refractivity contribution < 1.29 is 24.2 Å². The molecule has 0 bridgehead atoms. The third kappa shape index (κ3) is 5.95. The van der Waals surface area contributed by atoms with Gasteiger partial charge in [-0.3, -0.25) is 9.59 Å². The number of alkyl carbamates (subject to hydrolysis) is 1. The number of hydrogen-bond acceptors (Lipinski definition) is 4. The molecule has 2 amide bonds. The molecule has 0 fully saturated rings. The van der Waals surface area contributed by atoms with Crippen LogP contribution in [0.5, 0.6) is 0 Å². The molecule has 0 unspecified atom stereocenters. The van der Waals surface area contributed by atoms with Gasteiger partial charge in [0.15, 0.2) is 0 Å². The normalized spacial score (nSPS) is 12.1. The molecule has 0 saturated heterocycles. The Balaban J connectivity index is 1.28. The molecule has 7 nitrogen and oxygen atoms in total. The predicted molar refractivity (Wildman–Crippen MR) is 132 cm³/mol. The highest BCUT2D eigenvalue weighted by atomic mass is 16.5. The van der Waals surface area contributed by atoms with Crippen molar-refractivity contribution in [3.05, 3.63) is 108 Å². The van der Waals surface area contributed by atoms with Gasteiger partial charge in [-0.1, -0.05) is 84.9 Å². The first-order valence-corrected chi connectivity index (χ1v) is 11.3. The minimum atomic E-state index is -1.10. The number of nitrogens with one attached hydrogen (secondary N) is 1. The molecule has 0 radical (unpaired) electrons. The zero-order chi connectivity index (χ0) is 24.6. The molecule has 2 N–H and O–H groups in total. The first kappa shape index (κ1) is 23.8. The number of aliphatic carboxylic acids is 1. The topological polar surface area (TPSA) is 95.9 Å². The number of ether oxygens (including phenoxy) is 1. The van der Waals surface area contributed by atoms with E-state index in [0.717, 1.165) is 27.8 Å². The SMILES string of the molecule is O=C(O)CN(Cc1ccccc1)C(=O)/C=C/CNC(=O)OCC1c2ccccc2-c2ccccc21. The van der Waals surface area contributed by atoms with E-state index < -0.39 is 24.5 Å². The van der Waals surface area contributed by atoms with E-state index in [1.54, 1.807) is 0 Å². The highest BCUT2D eigenvalue weighted by Crippen LogP contribution is 2.44. The maximum absolute atomic E-state index is 12.5. The molecule has 7 heteroatoms. The van der Waals surface area contributed by atoms with Crippen LogP contribution in [-0.2, 0) is 20.9 Å². The molecule has 4 rings (SSSR count). The molecule has 0 saturated carbocycles. The third-order valence-electron chi connectivity index (χ3n) is 5.82. The smallest absolute Gasteiger partial charge is 0.407 e. The van der Waals surface area contributed by atoms with Gasteiger partial charge in [-0.05, 0) is 27.8 Å². The number of carboxylic acid groups (broad SMARTS) is 1. The highest BCUT2D eigenvalue weighted by Gasteiger charge is 2.28. The molecule has 0 spiro atoms. The van der Waals surface area contributed by atoms with Gasteiger partial charge in [0.1, 0.15) is 13.2 Å². The number of carbonyl (C=O) groups excluding carboxylic acids is 2. The van der Waals surface area contributed by atoms with E-state index in [2.05, 4.69) is 17.4 Å². The fourth-order valence-corrected chi connectivity index (χ4v) is 4.24. The fourth-order valence-electron chi connectivity index (χ4n) is 4.24. The van der Waals surface area contributed by atoms with Gasteiger partial charge in [0.05, 0.1) is 0 Å². The van der Waals surface area contributed by atoms with E-state index in [1.165, 1.54) is 17.1 Å². The number of nitrogens with zero attached hydrogens (tertiary/aromatic N) is 1. The summed E-state index contributed by atoms with van der Waals surface area (Å²) in [6.07, 6.45) is 2.15. The Hall–Kier alpha value is -4.39. The zero-order valence-electron chi connectivity index (χ0n) is 19.1. The lowest BCUT2D eigenvalue weighted by Gasteiger charge is -2.19. The van der Waals surface area contributed by atoms with Gasteiger partial charge in [0.2, 0.25) is 5.91 Å². The third-order valence-corrected chi connectivity index (χ3v) is 5.82. The van der Waals surface area contributed by atoms with E-state index in [9.17, 15) is 14.4 Å². The quantitative estimate of drug-likeness (QED) is 0.457. The summed E-state index contributed by atoms with van der Waals surface area (Å²) in [5.41, 5.74) is 5.39. The number of carboxylic acids is 1. The van der Waals surface area contributed by atoms with Crippen molar-refractivity contribution in [2.24, 2.45) is 0 Å². The molecule has 178 valence electrons. The van der Waals surface area contributed by atoms with Gasteiger partial charge in [-0.2, -0.15) is 0 Å². The summed E-state index contributed by atoms with van der Waals surface area (Å²) < 4.78 is 5.47. The van der Waals surface area contributed by atoms with Gasteiger partial charge in [0, 0.05) is 25.1 Å². The van der Waals surface area contributed by atoms with Crippen molar-refractivity contribution in [3.63, 3.8) is 0 Å². The Labute approximate surface area is 203 Å².